The minimum absolute atomic E-state index is 0.0247. The highest BCUT2D eigenvalue weighted by atomic mass is 28.4. The fraction of sp³-hybridized carbons (Fsp3) is 0.560. The standard InChI is InChI=1S/C25H37NO6Si/c1-24(2,3)33(6,7)32-22-20(17-30-16-18-11-9-8-10-12-18)31-25(27,23(22)29-5)19-13-14-21(28-4)26-15-19/h8-15,20,22-23,27H,16-17H2,1-7H3/t20?,22?,23?,25-/m0/s1. The van der Waals surface area contributed by atoms with Crippen LogP contribution in [0.25, 0.3) is 0 Å². The lowest BCUT2D eigenvalue weighted by Crippen LogP contribution is -2.51. The molecular formula is C25H37NO6Si. The summed E-state index contributed by atoms with van der Waals surface area (Å²) in [4.78, 5) is 4.24. The third-order valence-electron chi connectivity index (χ3n) is 6.63. The summed E-state index contributed by atoms with van der Waals surface area (Å²) in [5.74, 6) is -1.28. The molecule has 0 aliphatic carbocycles. The van der Waals surface area contributed by atoms with Crippen molar-refractivity contribution in [3.8, 4) is 5.88 Å². The molecule has 1 aliphatic rings. The summed E-state index contributed by atoms with van der Waals surface area (Å²) in [6, 6.07) is 13.4. The zero-order chi connectivity index (χ0) is 24.3. The number of rotatable bonds is 9. The van der Waals surface area contributed by atoms with Gasteiger partial charge in [0.15, 0.2) is 8.32 Å². The molecule has 0 radical (unpaired) electrons. The van der Waals surface area contributed by atoms with E-state index < -0.39 is 32.4 Å². The van der Waals surface area contributed by atoms with Crippen molar-refractivity contribution in [2.24, 2.45) is 0 Å². The molecule has 0 bridgehead atoms. The zero-order valence-electron chi connectivity index (χ0n) is 20.7. The predicted octanol–water partition coefficient (Wildman–Crippen LogP) is 4.26. The van der Waals surface area contributed by atoms with Gasteiger partial charge in [-0.1, -0.05) is 51.1 Å². The zero-order valence-corrected chi connectivity index (χ0v) is 21.7. The summed E-state index contributed by atoms with van der Waals surface area (Å²) in [6.07, 6.45) is -0.257. The van der Waals surface area contributed by atoms with Gasteiger partial charge in [-0.25, -0.2) is 4.98 Å². The van der Waals surface area contributed by atoms with Gasteiger partial charge in [-0.3, -0.25) is 0 Å². The molecule has 2 aromatic rings. The van der Waals surface area contributed by atoms with Crippen LogP contribution in [0.3, 0.4) is 0 Å². The normalized spacial score (nSPS) is 25.9. The van der Waals surface area contributed by atoms with Gasteiger partial charge in [-0.05, 0) is 29.8 Å². The van der Waals surface area contributed by atoms with Gasteiger partial charge in [0.1, 0.15) is 18.3 Å². The van der Waals surface area contributed by atoms with E-state index in [2.05, 4.69) is 38.8 Å². The Morgan fingerprint density at radius 1 is 1.09 bits per heavy atom. The minimum atomic E-state index is -2.21. The molecule has 1 N–H and O–H groups in total. The number of hydrogen-bond donors (Lipinski definition) is 1. The second kappa shape index (κ2) is 10.2. The van der Waals surface area contributed by atoms with Gasteiger partial charge >= 0.3 is 0 Å². The molecule has 3 rings (SSSR count). The smallest absolute Gasteiger partial charge is 0.224 e. The number of benzene rings is 1. The van der Waals surface area contributed by atoms with Gasteiger partial charge < -0.3 is 28.5 Å². The second-order valence-corrected chi connectivity index (χ2v) is 14.7. The molecule has 0 saturated carbocycles. The van der Waals surface area contributed by atoms with Crippen molar-refractivity contribution in [2.45, 2.75) is 69.6 Å². The van der Waals surface area contributed by atoms with E-state index in [-0.39, 0.29) is 11.6 Å². The summed E-state index contributed by atoms with van der Waals surface area (Å²) in [5.41, 5.74) is 1.54. The third kappa shape index (κ3) is 5.64. The van der Waals surface area contributed by atoms with Crippen molar-refractivity contribution < 1.29 is 28.5 Å². The Morgan fingerprint density at radius 2 is 1.79 bits per heavy atom. The lowest BCUT2D eigenvalue weighted by molar-refractivity contribution is -0.246. The van der Waals surface area contributed by atoms with Gasteiger partial charge in [0.25, 0.3) is 0 Å². The lowest BCUT2D eigenvalue weighted by Gasteiger charge is -2.40. The molecule has 33 heavy (non-hydrogen) atoms. The molecule has 1 aromatic carbocycles. The Morgan fingerprint density at radius 3 is 2.33 bits per heavy atom. The van der Waals surface area contributed by atoms with Crippen LogP contribution in [0.1, 0.15) is 31.9 Å². The maximum atomic E-state index is 11.7. The number of methoxy groups -OCH3 is 2. The molecule has 3 unspecified atom stereocenters. The Labute approximate surface area is 198 Å². The lowest BCUT2D eigenvalue weighted by atomic mass is 9.99. The van der Waals surface area contributed by atoms with Crippen molar-refractivity contribution in [2.75, 3.05) is 20.8 Å². The third-order valence-corrected chi connectivity index (χ3v) is 11.1. The van der Waals surface area contributed by atoms with E-state index in [0.29, 0.717) is 18.1 Å². The fourth-order valence-electron chi connectivity index (χ4n) is 3.67. The average molecular weight is 476 g/mol. The van der Waals surface area contributed by atoms with E-state index in [0.717, 1.165) is 5.56 Å². The first-order valence-electron chi connectivity index (χ1n) is 11.2. The van der Waals surface area contributed by atoms with E-state index in [1.54, 1.807) is 32.5 Å². The highest BCUT2D eigenvalue weighted by Crippen LogP contribution is 2.45. The molecular weight excluding hydrogens is 438 g/mol. The van der Waals surface area contributed by atoms with Crippen LogP contribution in [0.4, 0.5) is 0 Å². The van der Waals surface area contributed by atoms with Gasteiger partial charge in [0, 0.05) is 24.9 Å². The Kier molecular flexibility index (Phi) is 7.98. The molecule has 1 aliphatic heterocycles. The van der Waals surface area contributed by atoms with Crippen LogP contribution < -0.4 is 4.74 Å². The Bertz CT molecular complexity index is 886. The van der Waals surface area contributed by atoms with Gasteiger partial charge in [0.2, 0.25) is 11.7 Å². The minimum Gasteiger partial charge on any atom is -0.481 e. The second-order valence-electron chi connectivity index (χ2n) is 9.94. The van der Waals surface area contributed by atoms with Crippen LogP contribution in [0.2, 0.25) is 18.1 Å². The van der Waals surface area contributed by atoms with Gasteiger partial charge in [-0.2, -0.15) is 0 Å². The van der Waals surface area contributed by atoms with Crippen molar-refractivity contribution in [1.82, 2.24) is 4.98 Å². The fourth-order valence-corrected chi connectivity index (χ4v) is 4.98. The highest BCUT2D eigenvalue weighted by molar-refractivity contribution is 6.74. The molecule has 2 heterocycles. The molecule has 7 nitrogen and oxygen atoms in total. The monoisotopic (exact) mass is 475 g/mol. The first-order chi connectivity index (χ1) is 15.5. The molecule has 1 aromatic heterocycles. The first-order valence-corrected chi connectivity index (χ1v) is 14.2. The molecule has 0 amide bonds. The van der Waals surface area contributed by atoms with E-state index in [4.69, 9.17) is 23.4 Å². The van der Waals surface area contributed by atoms with Crippen LogP contribution >= 0.6 is 0 Å². The van der Waals surface area contributed by atoms with Crippen molar-refractivity contribution in [3.05, 3.63) is 59.8 Å². The summed E-state index contributed by atoms with van der Waals surface area (Å²) in [7, 11) is 0.893. The topological polar surface area (TPSA) is 79.3 Å². The molecule has 1 saturated heterocycles. The Hall–Kier alpha value is -1.81. The highest BCUT2D eigenvalue weighted by Gasteiger charge is 2.58. The van der Waals surface area contributed by atoms with Crippen LogP contribution in [-0.2, 0) is 31.0 Å². The average Bonchev–Trinajstić information content (AvgIpc) is 3.04. The largest absolute Gasteiger partial charge is 0.481 e. The molecule has 0 spiro atoms. The van der Waals surface area contributed by atoms with Gasteiger partial charge in [-0.15, -0.1) is 0 Å². The maximum Gasteiger partial charge on any atom is 0.224 e. The van der Waals surface area contributed by atoms with E-state index in [1.807, 2.05) is 30.3 Å². The molecule has 4 atom stereocenters. The Balaban J connectivity index is 1.88. The first kappa shape index (κ1) is 25.8. The maximum absolute atomic E-state index is 11.7. The predicted molar refractivity (Wildman–Crippen MR) is 129 cm³/mol. The molecule has 8 heteroatoms. The number of aliphatic hydroxyl groups is 1. The van der Waals surface area contributed by atoms with Crippen LogP contribution in [-0.4, -0.2) is 57.5 Å². The van der Waals surface area contributed by atoms with E-state index in [1.165, 1.54) is 0 Å². The SMILES string of the molecule is COc1ccc([C@]2(O)OC(COCc3ccccc3)C(O[Si](C)(C)C(C)(C)C)C2OC)cn1. The quantitative estimate of drug-likeness (QED) is 0.543. The molecule has 1 fully saturated rings. The summed E-state index contributed by atoms with van der Waals surface area (Å²) in [5, 5.41) is 11.7. The number of hydrogen-bond acceptors (Lipinski definition) is 7. The van der Waals surface area contributed by atoms with Crippen LogP contribution in [0.5, 0.6) is 5.88 Å². The number of aromatic nitrogens is 1. The van der Waals surface area contributed by atoms with Crippen molar-refractivity contribution in [3.63, 3.8) is 0 Å². The van der Waals surface area contributed by atoms with Crippen LogP contribution in [0, 0.1) is 0 Å². The van der Waals surface area contributed by atoms with Crippen molar-refractivity contribution in [1.29, 1.82) is 0 Å². The van der Waals surface area contributed by atoms with Gasteiger partial charge in [0.05, 0.1) is 20.3 Å². The number of ether oxygens (including phenoxy) is 4. The van der Waals surface area contributed by atoms with Crippen molar-refractivity contribution >= 4 is 8.32 Å². The van der Waals surface area contributed by atoms with E-state index in [9.17, 15) is 5.11 Å². The van der Waals surface area contributed by atoms with E-state index >= 15 is 0 Å². The summed E-state index contributed by atoms with van der Waals surface area (Å²) >= 11 is 0. The summed E-state index contributed by atoms with van der Waals surface area (Å²) in [6.45, 7) is 11.6. The number of nitrogens with zero attached hydrogens (tertiary/aromatic N) is 1. The molecule has 182 valence electrons. The summed E-state index contributed by atoms with van der Waals surface area (Å²) < 4.78 is 30.0. The number of pyridine rings is 1. The van der Waals surface area contributed by atoms with Crippen LogP contribution in [0.15, 0.2) is 48.7 Å².